The molecule has 1 rings (SSSR count). The number of aldehydes is 1. The van der Waals surface area contributed by atoms with E-state index in [1.54, 1.807) is 0 Å². The molecule has 0 amide bonds. The molecule has 10 heavy (non-hydrogen) atoms. The Labute approximate surface area is 60.2 Å². The van der Waals surface area contributed by atoms with Crippen molar-refractivity contribution in [2.75, 3.05) is 6.61 Å². The van der Waals surface area contributed by atoms with Crippen molar-refractivity contribution in [1.82, 2.24) is 0 Å². The molecule has 2 heteroatoms. The lowest BCUT2D eigenvalue weighted by atomic mass is 10.2. The quantitative estimate of drug-likeness (QED) is 0.551. The standard InChI is InChI=1S/C8H10O2/c9-6-7-10-8-4-2-1-3-5-8/h1-2,4,6H,3,5,7H2. The Morgan fingerprint density at radius 3 is 3.20 bits per heavy atom. The molecular formula is C8H10O2. The molecule has 0 aliphatic heterocycles. The summed E-state index contributed by atoms with van der Waals surface area (Å²) in [5, 5.41) is 0. The molecule has 0 unspecified atom stereocenters. The van der Waals surface area contributed by atoms with E-state index in [2.05, 4.69) is 6.08 Å². The lowest BCUT2D eigenvalue weighted by Gasteiger charge is -2.07. The molecule has 0 aromatic heterocycles. The first-order valence-corrected chi connectivity index (χ1v) is 3.35. The highest BCUT2D eigenvalue weighted by Gasteiger charge is 1.98. The first kappa shape index (κ1) is 7.06. The summed E-state index contributed by atoms with van der Waals surface area (Å²) in [5.74, 6) is 0.912. The van der Waals surface area contributed by atoms with Gasteiger partial charge in [0.05, 0.1) is 5.76 Å². The molecule has 0 bridgehead atoms. The average molecular weight is 138 g/mol. The minimum absolute atomic E-state index is 0.180. The molecule has 0 spiro atoms. The highest BCUT2D eigenvalue weighted by Crippen LogP contribution is 2.11. The first-order chi connectivity index (χ1) is 4.93. The van der Waals surface area contributed by atoms with Gasteiger partial charge in [-0.05, 0) is 12.5 Å². The van der Waals surface area contributed by atoms with Crippen molar-refractivity contribution in [2.24, 2.45) is 0 Å². The third-order valence-corrected chi connectivity index (χ3v) is 1.31. The van der Waals surface area contributed by atoms with Gasteiger partial charge in [-0.2, -0.15) is 0 Å². The van der Waals surface area contributed by atoms with Crippen LogP contribution in [0.5, 0.6) is 0 Å². The zero-order chi connectivity index (χ0) is 7.23. The minimum Gasteiger partial charge on any atom is -0.490 e. The molecule has 0 atom stereocenters. The highest BCUT2D eigenvalue weighted by molar-refractivity contribution is 5.50. The van der Waals surface area contributed by atoms with Gasteiger partial charge in [-0.3, -0.25) is 4.79 Å². The zero-order valence-corrected chi connectivity index (χ0v) is 5.75. The predicted molar refractivity (Wildman–Crippen MR) is 38.5 cm³/mol. The molecule has 0 N–H and O–H groups in total. The van der Waals surface area contributed by atoms with E-state index in [0.717, 1.165) is 24.9 Å². The number of rotatable bonds is 3. The number of hydrogen-bond donors (Lipinski definition) is 0. The zero-order valence-electron chi connectivity index (χ0n) is 5.75. The molecule has 0 aromatic carbocycles. The van der Waals surface area contributed by atoms with Crippen LogP contribution in [0.4, 0.5) is 0 Å². The Hall–Kier alpha value is -1.05. The largest absolute Gasteiger partial charge is 0.490 e. The average Bonchev–Trinajstić information content (AvgIpc) is 2.03. The van der Waals surface area contributed by atoms with Crippen molar-refractivity contribution in [3.05, 3.63) is 24.0 Å². The second-order valence-electron chi connectivity index (χ2n) is 2.08. The van der Waals surface area contributed by atoms with Gasteiger partial charge in [0, 0.05) is 6.42 Å². The van der Waals surface area contributed by atoms with Gasteiger partial charge in [0.2, 0.25) is 0 Å². The van der Waals surface area contributed by atoms with Gasteiger partial charge in [0.25, 0.3) is 0 Å². The van der Waals surface area contributed by atoms with E-state index in [4.69, 9.17) is 4.74 Å². The van der Waals surface area contributed by atoms with Crippen LogP contribution in [0, 0.1) is 0 Å². The van der Waals surface area contributed by atoms with Crippen LogP contribution in [-0.4, -0.2) is 12.9 Å². The lowest BCUT2D eigenvalue weighted by Crippen LogP contribution is -1.97. The monoisotopic (exact) mass is 138 g/mol. The Morgan fingerprint density at radius 1 is 1.70 bits per heavy atom. The van der Waals surface area contributed by atoms with Crippen molar-refractivity contribution in [3.8, 4) is 0 Å². The number of carbonyl (C=O) groups excluding carboxylic acids is 1. The van der Waals surface area contributed by atoms with E-state index in [9.17, 15) is 4.79 Å². The Balaban J connectivity index is 2.32. The van der Waals surface area contributed by atoms with Gasteiger partial charge in [0.1, 0.15) is 6.61 Å². The SMILES string of the molecule is O=CCOC1=CC=CCC1. The maximum Gasteiger partial charge on any atom is 0.157 e. The van der Waals surface area contributed by atoms with Crippen molar-refractivity contribution in [3.63, 3.8) is 0 Å². The molecular weight excluding hydrogens is 128 g/mol. The van der Waals surface area contributed by atoms with Crippen molar-refractivity contribution >= 4 is 6.29 Å². The lowest BCUT2D eigenvalue weighted by molar-refractivity contribution is -0.110. The van der Waals surface area contributed by atoms with E-state index in [-0.39, 0.29) is 6.61 Å². The number of carbonyl (C=O) groups is 1. The summed E-state index contributed by atoms with van der Waals surface area (Å²) >= 11 is 0. The molecule has 0 radical (unpaired) electrons. The first-order valence-electron chi connectivity index (χ1n) is 3.35. The molecule has 0 aromatic rings. The van der Waals surface area contributed by atoms with Crippen LogP contribution in [0.15, 0.2) is 24.0 Å². The van der Waals surface area contributed by atoms with Crippen molar-refractivity contribution in [2.45, 2.75) is 12.8 Å². The fourth-order valence-corrected chi connectivity index (χ4v) is 0.842. The fourth-order valence-electron chi connectivity index (χ4n) is 0.842. The second-order valence-corrected chi connectivity index (χ2v) is 2.08. The van der Waals surface area contributed by atoms with Gasteiger partial charge in [-0.25, -0.2) is 0 Å². The third-order valence-electron chi connectivity index (χ3n) is 1.31. The van der Waals surface area contributed by atoms with E-state index in [1.807, 2.05) is 12.2 Å². The van der Waals surface area contributed by atoms with Crippen LogP contribution in [-0.2, 0) is 9.53 Å². The van der Waals surface area contributed by atoms with E-state index >= 15 is 0 Å². The van der Waals surface area contributed by atoms with Crippen molar-refractivity contribution in [1.29, 1.82) is 0 Å². The second kappa shape index (κ2) is 3.88. The number of ether oxygens (including phenoxy) is 1. The fraction of sp³-hybridized carbons (Fsp3) is 0.375. The van der Waals surface area contributed by atoms with E-state index in [0.29, 0.717) is 0 Å². The highest BCUT2D eigenvalue weighted by atomic mass is 16.5. The van der Waals surface area contributed by atoms with Crippen LogP contribution in [0.3, 0.4) is 0 Å². The summed E-state index contributed by atoms with van der Waals surface area (Å²) in [6.45, 7) is 0.180. The Bertz CT molecular complexity index is 168. The van der Waals surface area contributed by atoms with Crippen molar-refractivity contribution < 1.29 is 9.53 Å². The summed E-state index contributed by atoms with van der Waals surface area (Å²) in [7, 11) is 0. The number of hydrogen-bond acceptors (Lipinski definition) is 2. The van der Waals surface area contributed by atoms with Crippen LogP contribution in [0.1, 0.15) is 12.8 Å². The van der Waals surface area contributed by atoms with Gasteiger partial charge in [-0.1, -0.05) is 12.2 Å². The van der Waals surface area contributed by atoms with Crippen LogP contribution in [0.25, 0.3) is 0 Å². The van der Waals surface area contributed by atoms with Gasteiger partial charge < -0.3 is 4.74 Å². The normalized spacial score (nSPS) is 16.2. The van der Waals surface area contributed by atoms with Crippen LogP contribution >= 0.6 is 0 Å². The summed E-state index contributed by atoms with van der Waals surface area (Å²) in [6.07, 6.45) is 8.62. The van der Waals surface area contributed by atoms with Crippen LogP contribution in [0.2, 0.25) is 0 Å². The van der Waals surface area contributed by atoms with Gasteiger partial charge >= 0.3 is 0 Å². The molecule has 1 aliphatic carbocycles. The van der Waals surface area contributed by atoms with E-state index < -0.39 is 0 Å². The molecule has 0 saturated heterocycles. The summed E-state index contributed by atoms with van der Waals surface area (Å²) in [6, 6.07) is 0. The third kappa shape index (κ3) is 2.05. The predicted octanol–water partition coefficient (Wildman–Crippen LogP) is 1.44. The smallest absolute Gasteiger partial charge is 0.157 e. The molecule has 0 fully saturated rings. The topological polar surface area (TPSA) is 26.3 Å². The number of allylic oxidation sites excluding steroid dienone is 4. The van der Waals surface area contributed by atoms with Gasteiger partial charge in [0.15, 0.2) is 6.29 Å². The minimum atomic E-state index is 0.180. The maximum atomic E-state index is 9.88. The Morgan fingerprint density at radius 2 is 2.60 bits per heavy atom. The summed E-state index contributed by atoms with van der Waals surface area (Å²) < 4.78 is 5.07. The van der Waals surface area contributed by atoms with Gasteiger partial charge in [-0.15, -0.1) is 0 Å². The molecule has 0 heterocycles. The summed E-state index contributed by atoms with van der Waals surface area (Å²) in [4.78, 5) is 9.88. The molecule has 2 nitrogen and oxygen atoms in total. The molecule has 1 aliphatic rings. The maximum absolute atomic E-state index is 9.88. The summed E-state index contributed by atoms with van der Waals surface area (Å²) in [5.41, 5.74) is 0. The Kier molecular flexibility index (Phi) is 2.74. The molecule has 54 valence electrons. The van der Waals surface area contributed by atoms with Crippen LogP contribution < -0.4 is 0 Å². The van der Waals surface area contributed by atoms with E-state index in [1.165, 1.54) is 0 Å². The molecule has 0 saturated carbocycles.